The van der Waals surface area contributed by atoms with Gasteiger partial charge >= 0.3 is 0 Å². The molecule has 1 N–H and O–H groups in total. The largest absolute Gasteiger partial charge is 0.454 e. The van der Waals surface area contributed by atoms with Gasteiger partial charge < -0.3 is 14.8 Å². The van der Waals surface area contributed by atoms with E-state index in [0.29, 0.717) is 35.0 Å². The van der Waals surface area contributed by atoms with E-state index in [1.807, 2.05) is 0 Å². The molecule has 3 aromatic rings. The first-order valence-corrected chi connectivity index (χ1v) is 12.0. The summed E-state index contributed by atoms with van der Waals surface area (Å²) in [6.45, 7) is 0.361. The van der Waals surface area contributed by atoms with Crippen LogP contribution in [0.1, 0.15) is 33.7 Å². The molecular formula is C20H17FN4O5S2. The highest BCUT2D eigenvalue weighted by Crippen LogP contribution is 2.38. The lowest BCUT2D eigenvalue weighted by Crippen LogP contribution is -2.31. The third kappa shape index (κ3) is 3.70. The third-order valence-corrected chi connectivity index (χ3v) is 8.14. The Labute approximate surface area is 186 Å². The van der Waals surface area contributed by atoms with Gasteiger partial charge in [0.2, 0.25) is 21.8 Å². The number of aromatic nitrogens is 2. The van der Waals surface area contributed by atoms with Crippen molar-refractivity contribution in [2.24, 2.45) is 0 Å². The van der Waals surface area contributed by atoms with Gasteiger partial charge in [0.25, 0.3) is 5.91 Å². The summed E-state index contributed by atoms with van der Waals surface area (Å²) >= 11 is 1.01. The number of nitrogens with zero attached hydrogens (tertiary/aromatic N) is 3. The van der Waals surface area contributed by atoms with Gasteiger partial charge in [-0.05, 0) is 37.1 Å². The first kappa shape index (κ1) is 20.8. The SMILES string of the molecule is O=C(Nc1ccc2c(c1)OCO2)c1nnc([C@H]2CCCN2S(=O)(=O)c2ccccc2F)s1. The highest BCUT2D eigenvalue weighted by molar-refractivity contribution is 7.89. The second-order valence-corrected chi connectivity index (χ2v) is 10.0. The van der Waals surface area contributed by atoms with Crippen LogP contribution in [0.2, 0.25) is 0 Å². The summed E-state index contributed by atoms with van der Waals surface area (Å²) in [5.41, 5.74) is 0.501. The molecular weight excluding hydrogens is 459 g/mol. The van der Waals surface area contributed by atoms with Gasteiger partial charge in [0.05, 0.1) is 6.04 Å². The van der Waals surface area contributed by atoms with Crippen LogP contribution in [0, 0.1) is 5.82 Å². The van der Waals surface area contributed by atoms with E-state index in [4.69, 9.17) is 9.47 Å². The number of sulfonamides is 1. The van der Waals surface area contributed by atoms with Gasteiger partial charge in [-0.15, -0.1) is 10.2 Å². The fraction of sp³-hybridized carbons (Fsp3) is 0.250. The van der Waals surface area contributed by atoms with Gasteiger partial charge in [0.1, 0.15) is 15.7 Å². The van der Waals surface area contributed by atoms with E-state index in [0.717, 1.165) is 17.4 Å². The molecule has 1 atom stereocenters. The quantitative estimate of drug-likeness (QED) is 0.602. The monoisotopic (exact) mass is 476 g/mol. The van der Waals surface area contributed by atoms with Crippen LogP contribution in [-0.4, -0.2) is 42.2 Å². The van der Waals surface area contributed by atoms with E-state index >= 15 is 0 Å². The number of hydrogen-bond donors (Lipinski definition) is 1. The Bertz CT molecular complexity index is 1300. The molecule has 0 saturated carbocycles. The maximum Gasteiger partial charge on any atom is 0.286 e. The van der Waals surface area contributed by atoms with E-state index in [1.165, 1.54) is 22.5 Å². The fourth-order valence-electron chi connectivity index (χ4n) is 3.67. The molecule has 0 radical (unpaired) electrons. The summed E-state index contributed by atoms with van der Waals surface area (Å²) in [6, 6.07) is 9.66. The molecule has 0 aliphatic carbocycles. The Morgan fingerprint density at radius 1 is 1.16 bits per heavy atom. The number of nitrogens with one attached hydrogen (secondary N) is 1. The first-order valence-electron chi connectivity index (χ1n) is 9.74. The fourth-order valence-corrected chi connectivity index (χ4v) is 6.36. The van der Waals surface area contributed by atoms with Crippen LogP contribution in [0.15, 0.2) is 47.4 Å². The van der Waals surface area contributed by atoms with E-state index in [1.54, 1.807) is 18.2 Å². The van der Waals surface area contributed by atoms with Gasteiger partial charge in [0, 0.05) is 18.3 Å². The molecule has 3 heterocycles. The van der Waals surface area contributed by atoms with Crippen molar-refractivity contribution in [2.45, 2.75) is 23.8 Å². The summed E-state index contributed by atoms with van der Waals surface area (Å²) in [6.07, 6.45) is 1.10. The van der Waals surface area contributed by atoms with Gasteiger partial charge in [0.15, 0.2) is 11.5 Å². The summed E-state index contributed by atoms with van der Waals surface area (Å²) in [5.74, 6) is -0.160. The lowest BCUT2D eigenvalue weighted by atomic mass is 10.2. The molecule has 1 aromatic heterocycles. The summed E-state index contributed by atoms with van der Waals surface area (Å²) in [4.78, 5) is 12.3. The average Bonchev–Trinajstić information content (AvgIpc) is 3.53. The lowest BCUT2D eigenvalue weighted by molar-refractivity contribution is 0.102. The number of fused-ring (bicyclic) bond motifs is 1. The molecule has 1 saturated heterocycles. The standard InChI is InChI=1S/C20H17FN4O5S2/c21-13-4-1-2-6-17(13)32(27,28)25-9-3-5-14(25)19-23-24-20(31-19)18(26)22-12-7-8-15-16(10-12)30-11-29-15/h1-2,4,6-8,10,14H,3,5,9,11H2,(H,22,26)/t14-/m1/s1. The van der Waals surface area contributed by atoms with Crippen LogP contribution < -0.4 is 14.8 Å². The second-order valence-electron chi connectivity index (χ2n) is 7.17. The Balaban J connectivity index is 1.35. The predicted molar refractivity (Wildman–Crippen MR) is 113 cm³/mol. The molecule has 0 bridgehead atoms. The average molecular weight is 477 g/mol. The Hall–Kier alpha value is -3.09. The van der Waals surface area contributed by atoms with Gasteiger partial charge in [-0.2, -0.15) is 4.31 Å². The number of amides is 1. The molecule has 9 nitrogen and oxygen atoms in total. The number of ether oxygens (including phenoxy) is 2. The highest BCUT2D eigenvalue weighted by atomic mass is 32.2. The molecule has 2 aliphatic rings. The highest BCUT2D eigenvalue weighted by Gasteiger charge is 2.39. The van der Waals surface area contributed by atoms with Crippen molar-refractivity contribution in [1.29, 1.82) is 0 Å². The summed E-state index contributed by atoms with van der Waals surface area (Å²) < 4.78 is 52.1. The van der Waals surface area contributed by atoms with Crippen LogP contribution in [0.4, 0.5) is 10.1 Å². The molecule has 5 rings (SSSR count). The zero-order valence-corrected chi connectivity index (χ0v) is 18.2. The molecule has 1 fully saturated rings. The molecule has 2 aromatic carbocycles. The molecule has 12 heteroatoms. The van der Waals surface area contributed by atoms with Gasteiger partial charge in [-0.25, -0.2) is 12.8 Å². The number of carbonyl (C=O) groups excluding carboxylic acids is 1. The van der Waals surface area contributed by atoms with E-state index in [9.17, 15) is 17.6 Å². The van der Waals surface area contributed by atoms with Crippen LogP contribution in [-0.2, 0) is 10.0 Å². The maximum atomic E-state index is 14.2. The second kappa shape index (κ2) is 8.11. The van der Waals surface area contributed by atoms with E-state index < -0.39 is 27.8 Å². The molecule has 1 amide bonds. The van der Waals surface area contributed by atoms with Crippen LogP contribution in [0.3, 0.4) is 0 Å². The third-order valence-electron chi connectivity index (χ3n) is 5.18. The minimum Gasteiger partial charge on any atom is -0.454 e. The van der Waals surface area contributed by atoms with E-state index in [-0.39, 0.29) is 23.2 Å². The zero-order chi connectivity index (χ0) is 22.3. The zero-order valence-electron chi connectivity index (χ0n) is 16.5. The normalized spacial score (nSPS) is 18.1. The number of benzene rings is 2. The number of anilines is 1. The minimum atomic E-state index is -4.06. The van der Waals surface area contributed by atoms with Crippen molar-refractivity contribution in [2.75, 3.05) is 18.7 Å². The first-order chi connectivity index (χ1) is 15.4. The lowest BCUT2D eigenvalue weighted by Gasteiger charge is -2.22. The number of rotatable bonds is 5. The number of carbonyl (C=O) groups is 1. The van der Waals surface area contributed by atoms with Crippen molar-refractivity contribution in [1.82, 2.24) is 14.5 Å². The number of hydrogen-bond acceptors (Lipinski definition) is 8. The van der Waals surface area contributed by atoms with Crippen molar-refractivity contribution in [3.05, 3.63) is 58.3 Å². The summed E-state index contributed by atoms with van der Waals surface area (Å²) in [7, 11) is -4.06. The molecule has 0 spiro atoms. The molecule has 0 unspecified atom stereocenters. The van der Waals surface area contributed by atoms with Crippen LogP contribution in [0.25, 0.3) is 0 Å². The smallest absolute Gasteiger partial charge is 0.286 e. The molecule has 166 valence electrons. The van der Waals surface area contributed by atoms with Crippen molar-refractivity contribution >= 4 is 33.0 Å². The van der Waals surface area contributed by atoms with E-state index in [2.05, 4.69) is 15.5 Å². The summed E-state index contributed by atoms with van der Waals surface area (Å²) in [5, 5.41) is 11.2. The topological polar surface area (TPSA) is 111 Å². The van der Waals surface area contributed by atoms with Crippen LogP contribution >= 0.6 is 11.3 Å². The minimum absolute atomic E-state index is 0.0906. The Morgan fingerprint density at radius 3 is 2.81 bits per heavy atom. The Kier molecular flexibility index (Phi) is 5.27. The van der Waals surface area contributed by atoms with Crippen molar-refractivity contribution < 1.29 is 27.1 Å². The predicted octanol–water partition coefficient (Wildman–Crippen LogP) is 3.18. The molecule has 32 heavy (non-hydrogen) atoms. The number of halogens is 1. The van der Waals surface area contributed by atoms with Crippen molar-refractivity contribution in [3.8, 4) is 11.5 Å². The van der Waals surface area contributed by atoms with Gasteiger partial charge in [-0.1, -0.05) is 23.5 Å². The van der Waals surface area contributed by atoms with Gasteiger partial charge in [-0.3, -0.25) is 4.79 Å². The Morgan fingerprint density at radius 2 is 1.97 bits per heavy atom. The molecule has 2 aliphatic heterocycles. The van der Waals surface area contributed by atoms with Crippen molar-refractivity contribution in [3.63, 3.8) is 0 Å². The maximum absolute atomic E-state index is 14.2. The van der Waals surface area contributed by atoms with Crippen LogP contribution in [0.5, 0.6) is 11.5 Å².